The summed E-state index contributed by atoms with van der Waals surface area (Å²) in [6, 6.07) is 1.25. The van der Waals surface area contributed by atoms with Gasteiger partial charge in [0.1, 0.15) is 0 Å². The molecule has 2 heterocycles. The Hall–Kier alpha value is -1.69. The molecule has 0 N–H and O–H groups in total. The van der Waals surface area contributed by atoms with Crippen LogP contribution in [0.2, 0.25) is 5.02 Å². The summed E-state index contributed by atoms with van der Waals surface area (Å²) in [6.07, 6.45) is 2.57. The van der Waals surface area contributed by atoms with Crippen molar-refractivity contribution in [3.63, 3.8) is 0 Å². The number of amides is 1. The van der Waals surface area contributed by atoms with Crippen LogP contribution in [0.15, 0.2) is 12.3 Å². The molecule has 5 nitrogen and oxygen atoms in total. The van der Waals surface area contributed by atoms with Crippen LogP contribution in [-0.2, 0) is 9.53 Å². The van der Waals surface area contributed by atoms with E-state index in [1.807, 2.05) is 0 Å². The second kappa shape index (κ2) is 6.85. The first kappa shape index (κ1) is 15.7. The summed E-state index contributed by atoms with van der Waals surface area (Å²) in [5.41, 5.74) is 0.214. The lowest BCUT2D eigenvalue weighted by molar-refractivity contribution is -0.149. The van der Waals surface area contributed by atoms with Crippen molar-refractivity contribution in [1.82, 2.24) is 9.88 Å². The van der Waals surface area contributed by atoms with Crippen LogP contribution in [-0.4, -0.2) is 41.5 Å². The number of likely N-dealkylation sites (tertiary alicyclic amines) is 1. The fourth-order valence-corrected chi connectivity index (χ4v) is 2.50. The van der Waals surface area contributed by atoms with Gasteiger partial charge >= 0.3 is 5.97 Å². The van der Waals surface area contributed by atoms with Gasteiger partial charge in [-0.15, -0.1) is 0 Å². The Bertz CT molecular complexity index is 553. The van der Waals surface area contributed by atoms with Gasteiger partial charge in [-0.25, -0.2) is 4.98 Å². The predicted octanol–water partition coefficient (Wildman–Crippen LogP) is 2.29. The Balaban J connectivity index is 2.08. The number of ether oxygens (including phenoxy) is 1. The number of nitrogens with zero attached hydrogens (tertiary/aromatic N) is 2. The Labute approximate surface area is 127 Å². The highest BCUT2D eigenvalue weighted by Gasteiger charge is 2.30. The molecule has 1 saturated heterocycles. The number of pyridine rings is 1. The minimum absolute atomic E-state index is 0.195. The number of rotatable bonds is 3. The SMILES string of the molecule is CCOC(=O)[C@@H]1CCCN(C(=O)c2cnc(F)c(Cl)c2)C1. The standard InChI is InChI=1S/C14H16ClFN2O3/c1-2-21-14(20)9-4-3-5-18(8-9)13(19)10-6-11(15)12(16)17-7-10/h6-7,9H,2-5,8H2,1H3/t9-/m1/s1. The Morgan fingerprint density at radius 1 is 1.57 bits per heavy atom. The van der Waals surface area contributed by atoms with Crippen LogP contribution < -0.4 is 0 Å². The van der Waals surface area contributed by atoms with E-state index in [4.69, 9.17) is 16.3 Å². The van der Waals surface area contributed by atoms with E-state index < -0.39 is 5.95 Å². The predicted molar refractivity (Wildman–Crippen MR) is 74.5 cm³/mol. The summed E-state index contributed by atoms with van der Waals surface area (Å²) in [4.78, 5) is 29.1. The van der Waals surface area contributed by atoms with Crippen LogP contribution in [0.3, 0.4) is 0 Å². The van der Waals surface area contributed by atoms with Crippen LogP contribution in [0, 0.1) is 11.9 Å². The van der Waals surface area contributed by atoms with E-state index >= 15 is 0 Å². The van der Waals surface area contributed by atoms with Crippen LogP contribution in [0.5, 0.6) is 0 Å². The van der Waals surface area contributed by atoms with Crippen molar-refractivity contribution >= 4 is 23.5 Å². The fraction of sp³-hybridized carbons (Fsp3) is 0.500. The van der Waals surface area contributed by atoms with E-state index in [0.29, 0.717) is 26.1 Å². The van der Waals surface area contributed by atoms with Gasteiger partial charge in [-0.05, 0) is 25.8 Å². The van der Waals surface area contributed by atoms with Crippen molar-refractivity contribution in [3.05, 3.63) is 28.8 Å². The molecule has 0 bridgehead atoms. The smallest absolute Gasteiger partial charge is 0.310 e. The lowest BCUT2D eigenvalue weighted by Crippen LogP contribution is -2.42. The van der Waals surface area contributed by atoms with Crippen LogP contribution in [0.4, 0.5) is 4.39 Å². The number of hydrogen-bond donors (Lipinski definition) is 0. The average molecular weight is 315 g/mol. The van der Waals surface area contributed by atoms with Gasteiger partial charge in [0.15, 0.2) is 0 Å². The number of carbonyl (C=O) groups excluding carboxylic acids is 2. The molecule has 0 radical (unpaired) electrons. The first-order valence-electron chi connectivity index (χ1n) is 6.80. The molecule has 0 aliphatic carbocycles. The van der Waals surface area contributed by atoms with Gasteiger partial charge in [0, 0.05) is 19.3 Å². The summed E-state index contributed by atoms with van der Waals surface area (Å²) in [6.45, 7) is 2.91. The van der Waals surface area contributed by atoms with Gasteiger partial charge in [-0.3, -0.25) is 9.59 Å². The molecule has 1 aromatic rings. The molecule has 1 aliphatic heterocycles. The molecule has 0 aromatic carbocycles. The number of esters is 1. The molecule has 1 amide bonds. The topological polar surface area (TPSA) is 59.5 Å². The zero-order valence-corrected chi connectivity index (χ0v) is 12.4. The van der Waals surface area contributed by atoms with E-state index in [-0.39, 0.29) is 28.4 Å². The normalized spacial score (nSPS) is 18.4. The molecule has 1 aliphatic rings. The van der Waals surface area contributed by atoms with E-state index in [9.17, 15) is 14.0 Å². The van der Waals surface area contributed by atoms with E-state index in [1.165, 1.54) is 6.07 Å². The van der Waals surface area contributed by atoms with Gasteiger partial charge < -0.3 is 9.64 Å². The Morgan fingerprint density at radius 2 is 2.33 bits per heavy atom. The van der Waals surface area contributed by atoms with Gasteiger partial charge in [0.2, 0.25) is 5.95 Å². The number of carbonyl (C=O) groups is 2. The highest BCUT2D eigenvalue weighted by Crippen LogP contribution is 2.21. The third-order valence-electron chi connectivity index (χ3n) is 3.37. The summed E-state index contributed by atoms with van der Waals surface area (Å²) in [5, 5.41) is -0.195. The van der Waals surface area contributed by atoms with Crippen molar-refractivity contribution in [2.45, 2.75) is 19.8 Å². The lowest BCUT2D eigenvalue weighted by Gasteiger charge is -2.31. The van der Waals surface area contributed by atoms with Crippen molar-refractivity contribution in [2.24, 2.45) is 5.92 Å². The summed E-state index contributed by atoms with van der Waals surface area (Å²) in [7, 11) is 0. The van der Waals surface area contributed by atoms with E-state index in [2.05, 4.69) is 4.98 Å². The summed E-state index contributed by atoms with van der Waals surface area (Å²) >= 11 is 5.63. The zero-order valence-electron chi connectivity index (χ0n) is 11.6. The maximum atomic E-state index is 13.0. The molecule has 0 saturated carbocycles. The number of aromatic nitrogens is 1. The number of hydrogen-bond acceptors (Lipinski definition) is 4. The maximum absolute atomic E-state index is 13.0. The molecular weight excluding hydrogens is 299 g/mol. The van der Waals surface area contributed by atoms with Crippen molar-refractivity contribution in [3.8, 4) is 0 Å². The summed E-state index contributed by atoms with van der Waals surface area (Å²) in [5.74, 6) is -1.72. The molecule has 0 spiro atoms. The van der Waals surface area contributed by atoms with Crippen molar-refractivity contribution < 1.29 is 18.7 Å². The van der Waals surface area contributed by atoms with Gasteiger partial charge in [0.05, 0.1) is 23.1 Å². The molecule has 1 aromatic heterocycles. The highest BCUT2D eigenvalue weighted by molar-refractivity contribution is 6.30. The number of halogens is 2. The molecule has 2 rings (SSSR count). The van der Waals surface area contributed by atoms with Crippen molar-refractivity contribution in [2.75, 3.05) is 19.7 Å². The third-order valence-corrected chi connectivity index (χ3v) is 3.64. The maximum Gasteiger partial charge on any atom is 0.310 e. The molecule has 7 heteroatoms. The zero-order chi connectivity index (χ0) is 15.4. The second-order valence-electron chi connectivity index (χ2n) is 4.84. The highest BCUT2D eigenvalue weighted by atomic mass is 35.5. The Morgan fingerprint density at radius 3 is 3.00 bits per heavy atom. The van der Waals surface area contributed by atoms with Gasteiger partial charge in [-0.1, -0.05) is 11.6 Å². The van der Waals surface area contributed by atoms with E-state index in [1.54, 1.807) is 11.8 Å². The monoisotopic (exact) mass is 314 g/mol. The Kier molecular flexibility index (Phi) is 5.12. The van der Waals surface area contributed by atoms with Gasteiger partial charge in [-0.2, -0.15) is 4.39 Å². The quantitative estimate of drug-likeness (QED) is 0.634. The molecule has 21 heavy (non-hydrogen) atoms. The molecule has 0 unspecified atom stereocenters. The molecule has 1 fully saturated rings. The van der Waals surface area contributed by atoms with Gasteiger partial charge in [0.25, 0.3) is 5.91 Å². The van der Waals surface area contributed by atoms with E-state index in [0.717, 1.165) is 12.6 Å². The summed E-state index contributed by atoms with van der Waals surface area (Å²) < 4.78 is 18.0. The minimum Gasteiger partial charge on any atom is -0.466 e. The fourth-order valence-electron chi connectivity index (χ4n) is 2.33. The molecular formula is C14H16ClFN2O3. The van der Waals surface area contributed by atoms with Crippen LogP contribution >= 0.6 is 11.6 Å². The average Bonchev–Trinajstić information content (AvgIpc) is 2.49. The van der Waals surface area contributed by atoms with Crippen molar-refractivity contribution in [1.29, 1.82) is 0 Å². The molecule has 1 atom stereocenters. The first-order chi connectivity index (χ1) is 10.0. The first-order valence-corrected chi connectivity index (χ1v) is 7.17. The third kappa shape index (κ3) is 3.69. The van der Waals surface area contributed by atoms with Crippen LogP contribution in [0.1, 0.15) is 30.1 Å². The minimum atomic E-state index is -0.809. The lowest BCUT2D eigenvalue weighted by atomic mass is 9.97. The van der Waals surface area contributed by atoms with Crippen LogP contribution in [0.25, 0.3) is 0 Å². The molecule has 114 valence electrons. The number of piperidine rings is 1. The largest absolute Gasteiger partial charge is 0.466 e. The second-order valence-corrected chi connectivity index (χ2v) is 5.25.